The van der Waals surface area contributed by atoms with Crippen LogP contribution in [0.25, 0.3) is 12.2 Å². The summed E-state index contributed by atoms with van der Waals surface area (Å²) in [6, 6.07) is 17.2. The lowest BCUT2D eigenvalue weighted by molar-refractivity contribution is -0.120. The first-order chi connectivity index (χ1) is 49.4. The van der Waals surface area contributed by atoms with E-state index in [0.717, 1.165) is 90.4 Å². The van der Waals surface area contributed by atoms with Gasteiger partial charge in [-0.05, 0) is 115 Å². The van der Waals surface area contributed by atoms with Crippen molar-refractivity contribution in [2.45, 2.75) is 93.8 Å². The second-order valence-electron chi connectivity index (χ2n) is 23.4. The molecule has 2 aliphatic heterocycles. The minimum Gasteiger partial charge on any atom is -0.494 e. The number of hydrogen-bond acceptors (Lipinski definition) is 30. The molecule has 4 aromatic carbocycles. The molecule has 0 atom stereocenters. The third-order valence-corrected chi connectivity index (χ3v) is 21.3. The molecule has 103 heavy (non-hydrogen) atoms. The highest BCUT2D eigenvalue weighted by Gasteiger charge is 2.28. The van der Waals surface area contributed by atoms with Gasteiger partial charge < -0.3 is 59.8 Å². The maximum Gasteiger partial charge on any atom is 0.294 e. The Kier molecular flexibility index (Phi) is 25.7. The summed E-state index contributed by atoms with van der Waals surface area (Å²) in [5.74, 6) is -0.835. The number of methoxy groups -OCH3 is 2. The van der Waals surface area contributed by atoms with Gasteiger partial charge in [-0.1, -0.05) is 65.8 Å². The molecule has 0 bridgehead atoms. The molecule has 0 unspecified atom stereocenters. The molecule has 10 rings (SSSR count). The number of carbonyl (C=O) groups excluding carboxylic acids is 4. The molecule has 1 aliphatic carbocycles. The highest BCUT2D eigenvalue weighted by atomic mass is 32.2. The van der Waals surface area contributed by atoms with Crippen molar-refractivity contribution < 1.29 is 64.1 Å². The van der Waals surface area contributed by atoms with Crippen LogP contribution in [-0.2, 0) is 48.9 Å². The fourth-order valence-corrected chi connectivity index (χ4v) is 15.3. The number of thioether (sulfide) groups is 1. The van der Waals surface area contributed by atoms with Gasteiger partial charge >= 0.3 is 0 Å². The number of morpholine rings is 2. The van der Waals surface area contributed by atoms with Crippen molar-refractivity contribution in [2.24, 2.45) is 20.5 Å². The molecule has 0 radical (unpaired) electrons. The standard InChI is InChI=1S/C67H79N17O14S5/c1-9-81(10-2)53-36-49(51(38-55(53)95-7)77-79-66-72-59(83-24-28-97-29-25-83)57(100-66)34-47(40(5)85)61(87)68-42-18-16-22-45(32-42)102(89,90)91)70-63-74-64(76-65(75-63)99-44-20-14-13-15-21-44)71-50-37-54(82(11-3)12-4)56(96-8)39-52(50)78-80-67-73-60(84-26-30-98-31-27-84)58(101-67)35-48(41(6)86)62(88)69-43-19-17-23-46(33-43)103(92,93)94/h16-19,22-23,32-39,44H,9-15,20-21,24-31H2,1-8H3,(H,68,87)(H,69,88)(H,89,90,91)(H,92,93,94)(H2,70,71,74,75,76)/b47-34-,48-35+,79-77+,80-78+. The van der Waals surface area contributed by atoms with Gasteiger partial charge in [0.15, 0.2) is 16.7 Å². The lowest BCUT2D eigenvalue weighted by Gasteiger charge is -2.27. The molecule has 6 N–H and O–H groups in total. The number of Topliss-reactive ketones (excluding diaryl/α,β-unsaturated/α-hetero) is 2. The number of hydrogen-bond donors (Lipinski definition) is 6. The summed E-state index contributed by atoms with van der Waals surface area (Å²) in [6.45, 7) is 16.2. The first-order valence-electron chi connectivity index (χ1n) is 33.1. The summed E-state index contributed by atoms with van der Waals surface area (Å²) < 4.78 is 90.5. The van der Waals surface area contributed by atoms with Gasteiger partial charge in [-0.3, -0.25) is 28.3 Å². The molecule has 3 fully saturated rings. The molecular weight excluding hydrogens is 1430 g/mol. The van der Waals surface area contributed by atoms with Crippen LogP contribution in [0.3, 0.4) is 0 Å². The van der Waals surface area contributed by atoms with Crippen LogP contribution in [0.4, 0.5) is 79.3 Å². The number of thiazole rings is 2. The van der Waals surface area contributed by atoms with Crippen molar-refractivity contribution in [3.05, 3.63) is 93.7 Å². The zero-order chi connectivity index (χ0) is 73.5. The summed E-state index contributed by atoms with van der Waals surface area (Å²) in [4.78, 5) is 87.2. The number of benzene rings is 4. The molecule has 31 nitrogen and oxygen atoms in total. The van der Waals surface area contributed by atoms with Crippen LogP contribution in [0.2, 0.25) is 0 Å². The molecule has 3 aliphatic rings. The van der Waals surface area contributed by atoms with Gasteiger partial charge in [0.25, 0.3) is 32.1 Å². The van der Waals surface area contributed by atoms with E-state index >= 15 is 0 Å². The van der Waals surface area contributed by atoms with Crippen molar-refractivity contribution in [3.8, 4) is 11.5 Å². The second-order valence-corrected chi connectivity index (χ2v) is 29.6. The molecule has 0 spiro atoms. The van der Waals surface area contributed by atoms with Gasteiger partial charge in [-0.2, -0.15) is 41.8 Å². The van der Waals surface area contributed by atoms with Crippen LogP contribution < -0.4 is 50.3 Å². The number of rotatable bonds is 30. The van der Waals surface area contributed by atoms with E-state index in [1.165, 1.54) is 50.3 Å². The third-order valence-electron chi connectivity index (χ3n) is 16.7. The monoisotopic (exact) mass is 1510 g/mol. The molecule has 2 saturated heterocycles. The smallest absolute Gasteiger partial charge is 0.294 e. The van der Waals surface area contributed by atoms with Crippen LogP contribution in [-0.4, -0.2) is 172 Å². The van der Waals surface area contributed by atoms with Crippen LogP contribution >= 0.6 is 34.4 Å². The Morgan fingerprint density at radius 3 is 1.37 bits per heavy atom. The van der Waals surface area contributed by atoms with Crippen molar-refractivity contribution in [2.75, 3.05) is 134 Å². The van der Waals surface area contributed by atoms with Crippen molar-refractivity contribution >= 4 is 169 Å². The van der Waals surface area contributed by atoms with Crippen molar-refractivity contribution in [3.63, 3.8) is 0 Å². The van der Waals surface area contributed by atoms with Gasteiger partial charge in [0.1, 0.15) is 34.5 Å². The number of anilines is 10. The zero-order valence-corrected chi connectivity index (χ0v) is 61.9. The molecule has 1 saturated carbocycles. The lowest BCUT2D eigenvalue weighted by Crippen LogP contribution is -2.36. The van der Waals surface area contributed by atoms with Crippen LogP contribution in [0.5, 0.6) is 11.5 Å². The summed E-state index contributed by atoms with van der Waals surface area (Å²) in [6.07, 6.45) is 7.92. The summed E-state index contributed by atoms with van der Waals surface area (Å²) >= 11 is 3.68. The maximum absolute atomic E-state index is 13.9. The van der Waals surface area contributed by atoms with E-state index in [1.54, 1.807) is 38.1 Å². The Hall–Kier alpha value is -9.40. The number of amides is 2. The van der Waals surface area contributed by atoms with Gasteiger partial charge in [0.2, 0.25) is 22.2 Å². The number of ketones is 2. The average molecular weight is 1510 g/mol. The Labute approximate surface area is 608 Å². The topological polar surface area (TPSA) is 389 Å². The van der Waals surface area contributed by atoms with E-state index < -0.39 is 53.4 Å². The predicted octanol–water partition coefficient (Wildman–Crippen LogP) is 12.6. The summed E-state index contributed by atoms with van der Waals surface area (Å²) in [5, 5.41) is 32.0. The molecule has 3 aromatic heterocycles. The van der Waals surface area contributed by atoms with E-state index in [2.05, 4.69) is 31.1 Å². The van der Waals surface area contributed by atoms with Gasteiger partial charge in [0, 0.05) is 81.1 Å². The number of aromatic nitrogens is 5. The van der Waals surface area contributed by atoms with Crippen molar-refractivity contribution in [1.82, 2.24) is 24.9 Å². The van der Waals surface area contributed by atoms with Crippen LogP contribution in [0.15, 0.2) is 119 Å². The number of carbonyl (C=O) groups is 4. The first-order valence-corrected chi connectivity index (χ1v) is 38.5. The number of ether oxygens (including phenoxy) is 4. The van der Waals surface area contributed by atoms with E-state index in [9.17, 15) is 45.1 Å². The van der Waals surface area contributed by atoms with Crippen LogP contribution in [0.1, 0.15) is 83.4 Å². The van der Waals surface area contributed by atoms with Gasteiger partial charge in [-0.15, -0.1) is 20.5 Å². The van der Waals surface area contributed by atoms with Crippen molar-refractivity contribution in [1.29, 1.82) is 0 Å². The largest absolute Gasteiger partial charge is 0.494 e. The SMILES string of the molecule is CCN(CC)c1cc(Nc2nc(Nc3cc(N(CC)CC)c(OC)cc3/N=N/c3nc(N4CCOCC4)c(/C=C(\C(C)=O)C(=O)Nc4cccc(S(=O)(=O)O)c4)s3)nc(SC3CCCCC3)n2)c(/N=N/c2nc(N3CCOCC3)c(/C=C(/C(C)=O)C(=O)Nc3cccc(S(=O)(=O)O)c3)s2)cc1OC. The highest BCUT2D eigenvalue weighted by Crippen LogP contribution is 2.45. The maximum atomic E-state index is 13.9. The Bertz CT molecular complexity index is 4360. The minimum absolute atomic E-state index is 0.0217. The molecular formula is C67H79N17O14S5. The molecule has 5 heterocycles. The van der Waals surface area contributed by atoms with E-state index in [0.29, 0.717) is 128 Å². The predicted molar refractivity (Wildman–Crippen MR) is 398 cm³/mol. The van der Waals surface area contributed by atoms with Gasteiger partial charge in [0.05, 0.1) is 94.1 Å². The Morgan fingerprint density at radius 1 is 0.592 bits per heavy atom. The van der Waals surface area contributed by atoms with E-state index in [-0.39, 0.29) is 61.3 Å². The molecule has 36 heteroatoms. The number of azo groups is 2. The van der Waals surface area contributed by atoms with E-state index in [1.807, 2.05) is 49.6 Å². The van der Waals surface area contributed by atoms with Crippen LogP contribution in [0, 0.1) is 0 Å². The highest BCUT2D eigenvalue weighted by molar-refractivity contribution is 7.99. The second kappa shape index (κ2) is 34.7. The zero-order valence-electron chi connectivity index (χ0n) is 57.8. The van der Waals surface area contributed by atoms with E-state index in [4.69, 9.17) is 64.3 Å². The first kappa shape index (κ1) is 76.2. The fourth-order valence-electron chi connectivity index (χ4n) is 11.4. The summed E-state index contributed by atoms with van der Waals surface area (Å²) in [7, 11) is -6.10. The normalized spacial score (nSPS) is 15.0. The third kappa shape index (κ3) is 19.7. The minimum atomic E-state index is -4.61. The molecule has 2 amide bonds. The Morgan fingerprint density at radius 2 is 1.00 bits per heavy atom. The quantitative estimate of drug-likeness (QED) is 0.00800. The molecule has 546 valence electrons. The fraction of sp³-hybridized carbons (Fsp3) is 0.388. The molecule has 7 aromatic rings. The average Bonchev–Trinajstić information content (AvgIpc) is 1.36. The van der Waals surface area contributed by atoms with Gasteiger partial charge in [-0.25, -0.2) is 0 Å². The number of nitrogens with one attached hydrogen (secondary N) is 4. The number of nitrogens with zero attached hydrogens (tertiary/aromatic N) is 13. The lowest BCUT2D eigenvalue weighted by atomic mass is 10.0. The summed E-state index contributed by atoms with van der Waals surface area (Å²) in [5.41, 5.74) is 2.33. The Balaban J connectivity index is 1.04.